The molecule has 0 fully saturated rings. The number of hydrogen-bond acceptors (Lipinski definition) is 3. The smallest absolute Gasteiger partial charge is 0.229 e. The highest BCUT2D eigenvalue weighted by molar-refractivity contribution is 6.36. The second-order valence-electron chi connectivity index (χ2n) is 3.42. The summed E-state index contributed by atoms with van der Waals surface area (Å²) in [6, 6.07) is 7.93. The molecule has 1 heterocycles. The average Bonchev–Trinajstić information content (AvgIpc) is 2.80. The summed E-state index contributed by atoms with van der Waals surface area (Å²) in [5, 5.41) is 0.786. The number of rotatable bonds is 3. The molecule has 2 rings (SSSR count). The molecule has 0 saturated carbocycles. The van der Waals surface area contributed by atoms with Gasteiger partial charge in [-0.25, -0.2) is 0 Å². The Kier molecular flexibility index (Phi) is 3.52. The second-order valence-corrected chi connectivity index (χ2v) is 4.27. The lowest BCUT2D eigenvalue weighted by molar-refractivity contribution is 0.101. The van der Waals surface area contributed by atoms with Gasteiger partial charge in [0.1, 0.15) is 5.76 Å². The van der Waals surface area contributed by atoms with Gasteiger partial charge in [-0.15, -0.1) is 0 Å². The van der Waals surface area contributed by atoms with Gasteiger partial charge in [0.05, 0.1) is 11.6 Å². The summed E-state index contributed by atoms with van der Waals surface area (Å²) in [5.74, 6) is 0.443. The van der Waals surface area contributed by atoms with Gasteiger partial charge >= 0.3 is 0 Å². The maximum atomic E-state index is 12.1. The molecule has 0 amide bonds. The van der Waals surface area contributed by atoms with E-state index in [1.165, 1.54) is 6.07 Å². The van der Waals surface area contributed by atoms with Crippen LogP contribution in [0.3, 0.4) is 0 Å². The Bertz CT molecular complexity index is 563. The Morgan fingerprint density at radius 2 is 2.00 bits per heavy atom. The number of ketones is 1. The third-order valence-corrected chi connectivity index (χ3v) is 2.82. The molecule has 2 N–H and O–H groups in total. The van der Waals surface area contributed by atoms with Gasteiger partial charge in [-0.05, 0) is 30.3 Å². The van der Waals surface area contributed by atoms with E-state index in [4.69, 9.17) is 33.4 Å². The number of furan rings is 1. The number of carbonyl (C=O) groups excluding carboxylic acids is 1. The van der Waals surface area contributed by atoms with E-state index < -0.39 is 0 Å². The summed E-state index contributed by atoms with van der Waals surface area (Å²) < 4.78 is 5.27. The summed E-state index contributed by atoms with van der Waals surface area (Å²) in [6.45, 7) is 0.247. The van der Waals surface area contributed by atoms with E-state index in [9.17, 15) is 4.79 Å². The minimum Gasteiger partial charge on any atom is -0.456 e. The maximum Gasteiger partial charge on any atom is 0.229 e. The minimum absolute atomic E-state index is 0.203. The van der Waals surface area contributed by atoms with E-state index in [0.29, 0.717) is 21.4 Å². The van der Waals surface area contributed by atoms with Gasteiger partial charge in [0.2, 0.25) is 5.78 Å². The fraction of sp³-hybridized carbons (Fsp3) is 0.0833. The van der Waals surface area contributed by atoms with Crippen LogP contribution in [-0.2, 0) is 6.54 Å². The highest BCUT2D eigenvalue weighted by Gasteiger charge is 2.16. The maximum absolute atomic E-state index is 12.1. The third kappa shape index (κ3) is 2.52. The minimum atomic E-state index is -0.308. The quantitative estimate of drug-likeness (QED) is 0.871. The SMILES string of the molecule is NCc1ccc(C(=O)c2cc(Cl)ccc2Cl)o1. The van der Waals surface area contributed by atoms with Crippen LogP contribution in [0.25, 0.3) is 0 Å². The molecule has 1 aromatic heterocycles. The Morgan fingerprint density at radius 1 is 1.24 bits per heavy atom. The molecule has 0 spiro atoms. The molecule has 3 nitrogen and oxygen atoms in total. The van der Waals surface area contributed by atoms with Crippen molar-refractivity contribution in [2.75, 3.05) is 0 Å². The van der Waals surface area contributed by atoms with Gasteiger partial charge in [-0.3, -0.25) is 4.79 Å². The zero-order valence-electron chi connectivity index (χ0n) is 8.74. The largest absolute Gasteiger partial charge is 0.456 e. The predicted octanol–water partition coefficient (Wildman–Crippen LogP) is 3.28. The van der Waals surface area contributed by atoms with Crippen LogP contribution in [0.15, 0.2) is 34.7 Å². The van der Waals surface area contributed by atoms with Crippen LogP contribution in [-0.4, -0.2) is 5.78 Å². The molecule has 0 saturated heterocycles. The zero-order chi connectivity index (χ0) is 12.4. The number of halogens is 2. The van der Waals surface area contributed by atoms with E-state index in [0.717, 1.165) is 0 Å². The molecule has 1 aromatic carbocycles. The summed E-state index contributed by atoms with van der Waals surface area (Å²) in [5.41, 5.74) is 5.72. The summed E-state index contributed by atoms with van der Waals surface area (Å²) in [4.78, 5) is 12.1. The van der Waals surface area contributed by atoms with Gasteiger partial charge in [0, 0.05) is 10.6 Å². The Morgan fingerprint density at radius 3 is 2.65 bits per heavy atom. The van der Waals surface area contributed by atoms with E-state index >= 15 is 0 Å². The van der Waals surface area contributed by atoms with Crippen molar-refractivity contribution >= 4 is 29.0 Å². The molecular weight excluding hydrogens is 261 g/mol. The second kappa shape index (κ2) is 4.92. The molecule has 0 atom stereocenters. The van der Waals surface area contributed by atoms with Gasteiger partial charge in [0.25, 0.3) is 0 Å². The summed E-state index contributed by atoms with van der Waals surface area (Å²) in [6.07, 6.45) is 0. The predicted molar refractivity (Wildman–Crippen MR) is 66.5 cm³/mol. The fourth-order valence-electron chi connectivity index (χ4n) is 1.41. The molecule has 2 aromatic rings. The molecule has 0 aliphatic heterocycles. The van der Waals surface area contributed by atoms with Crippen LogP contribution in [0, 0.1) is 0 Å². The van der Waals surface area contributed by atoms with Crippen LogP contribution in [0.5, 0.6) is 0 Å². The molecule has 17 heavy (non-hydrogen) atoms. The molecule has 0 bridgehead atoms. The monoisotopic (exact) mass is 269 g/mol. The van der Waals surface area contributed by atoms with Crippen LogP contribution in [0.4, 0.5) is 0 Å². The van der Waals surface area contributed by atoms with Crippen LogP contribution >= 0.6 is 23.2 Å². The van der Waals surface area contributed by atoms with Gasteiger partial charge < -0.3 is 10.2 Å². The average molecular weight is 270 g/mol. The van der Waals surface area contributed by atoms with Crippen molar-refractivity contribution in [1.29, 1.82) is 0 Å². The molecule has 88 valence electrons. The van der Waals surface area contributed by atoms with Crippen LogP contribution in [0.1, 0.15) is 21.9 Å². The first-order valence-corrected chi connectivity index (χ1v) is 5.66. The number of nitrogens with two attached hydrogens (primary N) is 1. The molecule has 5 heteroatoms. The van der Waals surface area contributed by atoms with Crippen molar-refractivity contribution in [3.05, 3.63) is 57.5 Å². The zero-order valence-corrected chi connectivity index (χ0v) is 10.3. The Hall–Kier alpha value is -1.29. The first-order chi connectivity index (χ1) is 8.11. The number of carbonyl (C=O) groups is 1. The molecule has 0 radical (unpaired) electrons. The van der Waals surface area contributed by atoms with Gasteiger partial charge in [-0.1, -0.05) is 23.2 Å². The van der Waals surface area contributed by atoms with Gasteiger partial charge in [0.15, 0.2) is 5.76 Å². The highest BCUT2D eigenvalue weighted by Crippen LogP contribution is 2.24. The van der Waals surface area contributed by atoms with Crippen molar-refractivity contribution < 1.29 is 9.21 Å². The fourth-order valence-corrected chi connectivity index (χ4v) is 1.79. The van der Waals surface area contributed by atoms with Crippen molar-refractivity contribution in [3.8, 4) is 0 Å². The van der Waals surface area contributed by atoms with Crippen molar-refractivity contribution in [3.63, 3.8) is 0 Å². The normalized spacial score (nSPS) is 10.5. The molecule has 0 aliphatic rings. The summed E-state index contributed by atoms with van der Waals surface area (Å²) in [7, 11) is 0. The third-order valence-electron chi connectivity index (χ3n) is 2.26. The Balaban J connectivity index is 2.39. The van der Waals surface area contributed by atoms with Crippen molar-refractivity contribution in [1.82, 2.24) is 0 Å². The lowest BCUT2D eigenvalue weighted by Crippen LogP contribution is -2.01. The van der Waals surface area contributed by atoms with Crippen molar-refractivity contribution in [2.45, 2.75) is 6.54 Å². The number of benzene rings is 1. The van der Waals surface area contributed by atoms with E-state index in [1.54, 1.807) is 24.3 Å². The van der Waals surface area contributed by atoms with E-state index in [1.807, 2.05) is 0 Å². The summed E-state index contributed by atoms with van der Waals surface area (Å²) >= 11 is 11.8. The highest BCUT2D eigenvalue weighted by atomic mass is 35.5. The van der Waals surface area contributed by atoms with Crippen LogP contribution in [0.2, 0.25) is 10.0 Å². The van der Waals surface area contributed by atoms with E-state index in [-0.39, 0.29) is 18.1 Å². The van der Waals surface area contributed by atoms with Crippen molar-refractivity contribution in [2.24, 2.45) is 5.73 Å². The number of hydrogen-bond donors (Lipinski definition) is 1. The topological polar surface area (TPSA) is 56.2 Å². The van der Waals surface area contributed by atoms with Gasteiger partial charge in [-0.2, -0.15) is 0 Å². The molecular formula is C12H9Cl2NO2. The lowest BCUT2D eigenvalue weighted by atomic mass is 10.1. The first kappa shape index (κ1) is 12.2. The molecule has 0 aliphatic carbocycles. The van der Waals surface area contributed by atoms with E-state index in [2.05, 4.69) is 0 Å². The van der Waals surface area contributed by atoms with Crippen LogP contribution < -0.4 is 5.73 Å². The Labute approximate surface area is 108 Å². The lowest BCUT2D eigenvalue weighted by Gasteiger charge is -2.01. The first-order valence-electron chi connectivity index (χ1n) is 4.90. The standard InChI is InChI=1S/C12H9Cl2NO2/c13-7-1-3-10(14)9(5-7)12(16)11-4-2-8(6-15)17-11/h1-5H,6,15H2. The molecule has 0 unspecified atom stereocenters.